The van der Waals surface area contributed by atoms with Crippen LogP contribution in [0.2, 0.25) is 5.02 Å². The molecule has 2 aliphatic heterocycles. The largest absolute Gasteiger partial charge is 0.417 e. The molecule has 0 spiro atoms. The van der Waals surface area contributed by atoms with Gasteiger partial charge in [0.25, 0.3) is 0 Å². The third-order valence-corrected chi connectivity index (χ3v) is 4.69. The van der Waals surface area contributed by atoms with Crippen LogP contribution in [0.15, 0.2) is 18.2 Å². The van der Waals surface area contributed by atoms with Crippen molar-refractivity contribution in [1.82, 2.24) is 9.80 Å². The number of nitriles is 1. The highest BCUT2D eigenvalue weighted by Gasteiger charge is 2.40. The average molecular weight is 359 g/mol. The van der Waals surface area contributed by atoms with Gasteiger partial charge in [-0.3, -0.25) is 9.69 Å². The van der Waals surface area contributed by atoms with Crippen molar-refractivity contribution in [1.29, 1.82) is 5.26 Å². The third kappa shape index (κ3) is 3.01. The van der Waals surface area contributed by atoms with Gasteiger partial charge in [-0.1, -0.05) is 11.6 Å². The molecule has 1 unspecified atom stereocenters. The highest BCUT2D eigenvalue weighted by molar-refractivity contribution is 6.31. The van der Waals surface area contributed by atoms with Crippen LogP contribution in [0.25, 0.3) is 0 Å². The number of carbonyl (C=O) groups excluding carboxylic acids is 1. The van der Waals surface area contributed by atoms with E-state index < -0.39 is 22.8 Å². The lowest BCUT2D eigenvalue weighted by molar-refractivity contribution is -0.137. The molecule has 5 nitrogen and oxygen atoms in total. The summed E-state index contributed by atoms with van der Waals surface area (Å²) >= 11 is 5.63. The topological polar surface area (TPSA) is 50.6 Å². The first-order valence-corrected chi connectivity index (χ1v) is 7.76. The van der Waals surface area contributed by atoms with Crippen molar-refractivity contribution in [3.63, 3.8) is 0 Å². The van der Waals surface area contributed by atoms with Crippen LogP contribution in [-0.4, -0.2) is 54.5 Å². The Morgan fingerprint density at radius 1 is 1.21 bits per heavy atom. The summed E-state index contributed by atoms with van der Waals surface area (Å²) in [5, 5.41) is 8.60. The van der Waals surface area contributed by atoms with Crippen molar-refractivity contribution in [2.24, 2.45) is 0 Å². The molecule has 2 saturated heterocycles. The molecular weight excluding hydrogens is 345 g/mol. The first-order valence-electron chi connectivity index (χ1n) is 7.38. The molecule has 128 valence electrons. The number of fused-ring (bicyclic) bond motifs is 1. The second-order valence-electron chi connectivity index (χ2n) is 5.75. The van der Waals surface area contributed by atoms with Gasteiger partial charge >= 0.3 is 6.18 Å². The van der Waals surface area contributed by atoms with Gasteiger partial charge in [0.2, 0.25) is 5.91 Å². The molecular formula is C15H14ClF3N4O. The standard InChI is InChI=1S/C15H14ClF3N4O/c16-12-2-1-10(7-11(12)15(17,18)19)23-6-5-22-4-3-21(9-20)8-13(22)14(23)24/h1-2,7,13H,3-6,8H2. The summed E-state index contributed by atoms with van der Waals surface area (Å²) in [6, 6.07) is 2.95. The van der Waals surface area contributed by atoms with Gasteiger partial charge in [0.1, 0.15) is 6.04 Å². The zero-order chi connectivity index (χ0) is 17.5. The molecule has 0 N–H and O–H groups in total. The first-order chi connectivity index (χ1) is 11.3. The summed E-state index contributed by atoms with van der Waals surface area (Å²) in [5.41, 5.74) is -0.787. The predicted octanol–water partition coefficient (Wildman–Crippen LogP) is 2.17. The van der Waals surface area contributed by atoms with Gasteiger partial charge in [0, 0.05) is 31.9 Å². The zero-order valence-corrected chi connectivity index (χ0v) is 13.3. The third-order valence-electron chi connectivity index (χ3n) is 4.36. The quantitative estimate of drug-likeness (QED) is 0.722. The Morgan fingerprint density at radius 3 is 2.58 bits per heavy atom. The number of carbonyl (C=O) groups is 1. The summed E-state index contributed by atoms with van der Waals surface area (Å²) in [4.78, 5) is 17.5. The Morgan fingerprint density at radius 2 is 1.92 bits per heavy atom. The van der Waals surface area contributed by atoms with Crippen molar-refractivity contribution < 1.29 is 18.0 Å². The van der Waals surface area contributed by atoms with Gasteiger partial charge in [-0.25, -0.2) is 0 Å². The molecule has 2 fully saturated rings. The normalized spacial score (nSPS) is 22.3. The molecule has 1 aromatic carbocycles. The summed E-state index contributed by atoms with van der Waals surface area (Å²) in [5.74, 6) is -0.295. The molecule has 1 atom stereocenters. The van der Waals surface area contributed by atoms with E-state index in [1.54, 1.807) is 0 Å². The maximum Gasteiger partial charge on any atom is 0.417 e. The van der Waals surface area contributed by atoms with Gasteiger partial charge in [0.05, 0.1) is 17.1 Å². The number of anilines is 1. The van der Waals surface area contributed by atoms with Crippen molar-refractivity contribution >= 4 is 23.2 Å². The van der Waals surface area contributed by atoms with Gasteiger partial charge in [-0.05, 0) is 18.2 Å². The Balaban J connectivity index is 1.88. The minimum Gasteiger partial charge on any atom is -0.310 e. The molecule has 0 aliphatic carbocycles. The second kappa shape index (κ2) is 6.15. The fourth-order valence-electron chi connectivity index (χ4n) is 3.09. The van der Waals surface area contributed by atoms with Gasteiger partial charge in [-0.2, -0.15) is 18.4 Å². The number of benzene rings is 1. The summed E-state index contributed by atoms with van der Waals surface area (Å²) < 4.78 is 39.1. The Bertz CT molecular complexity index is 703. The average Bonchev–Trinajstić information content (AvgIpc) is 2.55. The summed E-state index contributed by atoms with van der Waals surface area (Å²) in [6.45, 7) is 2.26. The van der Waals surface area contributed by atoms with Crippen LogP contribution in [0.3, 0.4) is 0 Å². The molecule has 0 bridgehead atoms. The van der Waals surface area contributed by atoms with E-state index in [1.165, 1.54) is 15.9 Å². The van der Waals surface area contributed by atoms with E-state index in [0.717, 1.165) is 12.1 Å². The summed E-state index contributed by atoms with van der Waals surface area (Å²) in [7, 11) is 0. The molecule has 24 heavy (non-hydrogen) atoms. The predicted molar refractivity (Wildman–Crippen MR) is 81.4 cm³/mol. The maximum absolute atomic E-state index is 13.0. The van der Waals surface area contributed by atoms with Crippen molar-refractivity contribution in [2.75, 3.05) is 37.6 Å². The first kappa shape index (κ1) is 16.9. The minimum atomic E-state index is -4.58. The van der Waals surface area contributed by atoms with Crippen LogP contribution >= 0.6 is 11.6 Å². The van der Waals surface area contributed by atoms with Crippen LogP contribution in [0.1, 0.15) is 5.56 Å². The lowest BCUT2D eigenvalue weighted by atomic mass is 10.1. The number of hydrogen-bond donors (Lipinski definition) is 0. The second-order valence-corrected chi connectivity index (χ2v) is 6.16. The molecule has 0 saturated carbocycles. The molecule has 2 heterocycles. The van der Waals surface area contributed by atoms with Crippen LogP contribution in [0.4, 0.5) is 18.9 Å². The van der Waals surface area contributed by atoms with E-state index in [9.17, 15) is 18.0 Å². The van der Waals surface area contributed by atoms with E-state index >= 15 is 0 Å². The van der Waals surface area contributed by atoms with Crippen LogP contribution in [0.5, 0.6) is 0 Å². The molecule has 0 radical (unpaired) electrons. The van der Waals surface area contributed by atoms with Crippen molar-refractivity contribution in [3.8, 4) is 6.19 Å². The molecule has 3 rings (SSSR count). The van der Waals surface area contributed by atoms with Crippen LogP contribution in [-0.2, 0) is 11.0 Å². The van der Waals surface area contributed by atoms with E-state index in [4.69, 9.17) is 16.9 Å². The van der Waals surface area contributed by atoms with Crippen molar-refractivity contribution in [2.45, 2.75) is 12.2 Å². The highest BCUT2D eigenvalue weighted by Crippen LogP contribution is 2.37. The smallest absolute Gasteiger partial charge is 0.310 e. The number of rotatable bonds is 1. The van der Waals surface area contributed by atoms with Crippen LogP contribution in [0, 0.1) is 11.5 Å². The fraction of sp³-hybridized carbons (Fsp3) is 0.467. The lowest BCUT2D eigenvalue weighted by Crippen LogP contribution is -2.64. The Kier molecular flexibility index (Phi) is 4.32. The number of hydrogen-bond acceptors (Lipinski definition) is 4. The Hall–Kier alpha value is -1.98. The lowest BCUT2D eigenvalue weighted by Gasteiger charge is -2.45. The SMILES string of the molecule is N#CN1CCN2CCN(c3ccc(Cl)c(C(F)(F)F)c3)C(=O)C2C1. The molecule has 1 aromatic rings. The van der Waals surface area contributed by atoms with Crippen molar-refractivity contribution in [3.05, 3.63) is 28.8 Å². The molecule has 1 amide bonds. The van der Waals surface area contributed by atoms with Gasteiger partial charge in [-0.15, -0.1) is 0 Å². The van der Waals surface area contributed by atoms with Crippen LogP contribution < -0.4 is 4.90 Å². The van der Waals surface area contributed by atoms with E-state index in [1.807, 2.05) is 11.1 Å². The number of alkyl halides is 3. The maximum atomic E-state index is 13.0. The number of piperazine rings is 2. The Labute approximate surface area is 141 Å². The van der Waals surface area contributed by atoms with Gasteiger partial charge < -0.3 is 9.80 Å². The number of nitrogens with zero attached hydrogens (tertiary/aromatic N) is 4. The summed E-state index contributed by atoms with van der Waals surface area (Å²) in [6.07, 6.45) is -2.56. The minimum absolute atomic E-state index is 0.172. The molecule has 9 heteroatoms. The van der Waals surface area contributed by atoms with Gasteiger partial charge in [0.15, 0.2) is 6.19 Å². The van der Waals surface area contributed by atoms with E-state index in [2.05, 4.69) is 0 Å². The number of halogens is 4. The van der Waals surface area contributed by atoms with E-state index in [0.29, 0.717) is 26.2 Å². The zero-order valence-electron chi connectivity index (χ0n) is 12.6. The number of amides is 1. The molecule has 0 aromatic heterocycles. The highest BCUT2D eigenvalue weighted by atomic mass is 35.5. The van der Waals surface area contributed by atoms with E-state index in [-0.39, 0.29) is 18.1 Å². The monoisotopic (exact) mass is 358 g/mol. The molecule has 2 aliphatic rings. The fourth-order valence-corrected chi connectivity index (χ4v) is 3.31.